The molecule has 0 radical (unpaired) electrons. The van der Waals surface area contributed by atoms with Gasteiger partial charge < -0.3 is 4.74 Å². The lowest BCUT2D eigenvalue weighted by Gasteiger charge is -2.22. The van der Waals surface area contributed by atoms with Gasteiger partial charge in [-0.3, -0.25) is 9.88 Å². The molecule has 0 N–H and O–H groups in total. The van der Waals surface area contributed by atoms with Crippen molar-refractivity contribution in [1.82, 2.24) is 9.88 Å². The third-order valence-corrected chi connectivity index (χ3v) is 4.32. The summed E-state index contributed by atoms with van der Waals surface area (Å²) in [4.78, 5) is 7.44. The SMILES string of the molecule is CCN(CC)Cc1nc(CC(C)C)ccc1C1CCOC1. The van der Waals surface area contributed by atoms with Gasteiger partial charge in [0.25, 0.3) is 0 Å². The molecule has 0 spiro atoms. The predicted molar refractivity (Wildman–Crippen MR) is 87.6 cm³/mol. The summed E-state index contributed by atoms with van der Waals surface area (Å²) in [6.45, 7) is 13.8. The molecule has 21 heavy (non-hydrogen) atoms. The van der Waals surface area contributed by atoms with E-state index in [0.29, 0.717) is 11.8 Å². The first-order chi connectivity index (χ1) is 10.1. The lowest BCUT2D eigenvalue weighted by Crippen LogP contribution is -2.24. The Morgan fingerprint density at radius 3 is 2.62 bits per heavy atom. The van der Waals surface area contributed by atoms with E-state index in [1.54, 1.807) is 0 Å². The molecule has 1 fully saturated rings. The minimum atomic E-state index is 0.538. The molecule has 2 rings (SSSR count). The van der Waals surface area contributed by atoms with Crippen LogP contribution in [-0.2, 0) is 17.7 Å². The maximum atomic E-state index is 5.58. The van der Waals surface area contributed by atoms with Gasteiger partial charge in [-0.2, -0.15) is 0 Å². The van der Waals surface area contributed by atoms with Crippen molar-refractivity contribution < 1.29 is 4.74 Å². The van der Waals surface area contributed by atoms with E-state index >= 15 is 0 Å². The van der Waals surface area contributed by atoms with Crippen molar-refractivity contribution in [3.8, 4) is 0 Å². The highest BCUT2D eigenvalue weighted by molar-refractivity contribution is 5.28. The van der Waals surface area contributed by atoms with Gasteiger partial charge >= 0.3 is 0 Å². The van der Waals surface area contributed by atoms with Crippen LogP contribution in [-0.4, -0.2) is 36.2 Å². The van der Waals surface area contributed by atoms with Crippen LogP contribution in [0.1, 0.15) is 57.0 Å². The molecule has 3 heteroatoms. The molecule has 1 aromatic heterocycles. The largest absolute Gasteiger partial charge is 0.381 e. The molecule has 0 bridgehead atoms. The van der Waals surface area contributed by atoms with E-state index in [4.69, 9.17) is 9.72 Å². The Hall–Kier alpha value is -0.930. The van der Waals surface area contributed by atoms with Gasteiger partial charge in [-0.25, -0.2) is 0 Å². The predicted octanol–water partition coefficient (Wildman–Crippen LogP) is 3.63. The number of ether oxygens (including phenoxy) is 1. The molecule has 3 nitrogen and oxygen atoms in total. The van der Waals surface area contributed by atoms with Gasteiger partial charge in [0.05, 0.1) is 12.3 Å². The average molecular weight is 290 g/mol. The highest BCUT2D eigenvalue weighted by Crippen LogP contribution is 2.28. The molecule has 1 aliphatic heterocycles. The van der Waals surface area contributed by atoms with E-state index in [0.717, 1.165) is 45.7 Å². The number of hydrogen-bond acceptors (Lipinski definition) is 3. The van der Waals surface area contributed by atoms with Crippen molar-refractivity contribution in [1.29, 1.82) is 0 Å². The van der Waals surface area contributed by atoms with Crippen LogP contribution >= 0.6 is 0 Å². The zero-order chi connectivity index (χ0) is 15.2. The number of pyridine rings is 1. The van der Waals surface area contributed by atoms with Crippen LogP contribution < -0.4 is 0 Å². The summed E-state index contributed by atoms with van der Waals surface area (Å²) in [6.07, 6.45) is 2.20. The highest BCUT2D eigenvalue weighted by atomic mass is 16.5. The standard InChI is InChI=1S/C18H30N2O/c1-5-20(6-2)12-18-17(15-9-10-21-13-15)8-7-16(19-18)11-14(3)4/h7-8,14-15H,5-6,9-13H2,1-4H3. The summed E-state index contributed by atoms with van der Waals surface area (Å²) >= 11 is 0. The molecular formula is C18H30N2O. The second-order valence-corrected chi connectivity index (χ2v) is 6.46. The Morgan fingerprint density at radius 1 is 1.29 bits per heavy atom. The van der Waals surface area contributed by atoms with Gasteiger partial charge in [-0.05, 0) is 43.5 Å². The van der Waals surface area contributed by atoms with Crippen LogP contribution in [0.5, 0.6) is 0 Å². The third-order valence-electron chi connectivity index (χ3n) is 4.32. The van der Waals surface area contributed by atoms with E-state index in [9.17, 15) is 0 Å². The maximum absolute atomic E-state index is 5.58. The molecule has 118 valence electrons. The summed E-state index contributed by atoms with van der Waals surface area (Å²) in [6, 6.07) is 4.53. The second-order valence-electron chi connectivity index (χ2n) is 6.46. The van der Waals surface area contributed by atoms with Crippen molar-refractivity contribution in [3.63, 3.8) is 0 Å². The van der Waals surface area contributed by atoms with Crippen molar-refractivity contribution in [2.75, 3.05) is 26.3 Å². The zero-order valence-electron chi connectivity index (χ0n) is 14.1. The lowest BCUT2D eigenvalue weighted by atomic mass is 9.95. The molecular weight excluding hydrogens is 260 g/mol. The molecule has 1 atom stereocenters. The first kappa shape index (κ1) is 16.4. The molecule has 0 amide bonds. The Morgan fingerprint density at radius 2 is 2.05 bits per heavy atom. The van der Waals surface area contributed by atoms with E-state index in [1.807, 2.05) is 0 Å². The van der Waals surface area contributed by atoms with Crippen molar-refractivity contribution in [2.24, 2.45) is 5.92 Å². The van der Waals surface area contributed by atoms with E-state index in [2.05, 4.69) is 44.7 Å². The normalized spacial score (nSPS) is 18.9. The second kappa shape index (κ2) is 7.90. The summed E-state index contributed by atoms with van der Waals surface area (Å²) in [5, 5.41) is 0. The summed E-state index contributed by atoms with van der Waals surface area (Å²) < 4.78 is 5.58. The summed E-state index contributed by atoms with van der Waals surface area (Å²) in [7, 11) is 0. The average Bonchev–Trinajstić information content (AvgIpc) is 2.98. The Labute approximate surface area is 129 Å². The molecule has 1 aromatic rings. The Balaban J connectivity index is 2.25. The fourth-order valence-corrected chi connectivity index (χ4v) is 3.03. The molecule has 1 unspecified atom stereocenters. The van der Waals surface area contributed by atoms with Gasteiger partial charge in [-0.1, -0.05) is 33.8 Å². The fraction of sp³-hybridized carbons (Fsp3) is 0.722. The van der Waals surface area contributed by atoms with Crippen LogP contribution in [0.15, 0.2) is 12.1 Å². The summed E-state index contributed by atoms with van der Waals surface area (Å²) in [5.74, 6) is 1.19. The number of rotatable bonds is 7. The number of hydrogen-bond donors (Lipinski definition) is 0. The van der Waals surface area contributed by atoms with Gasteiger partial charge in [0.2, 0.25) is 0 Å². The van der Waals surface area contributed by atoms with Gasteiger partial charge in [0, 0.05) is 24.8 Å². The Kier molecular flexibility index (Phi) is 6.19. The maximum Gasteiger partial charge on any atom is 0.0582 e. The first-order valence-electron chi connectivity index (χ1n) is 8.42. The van der Waals surface area contributed by atoms with Gasteiger partial charge in [0.15, 0.2) is 0 Å². The van der Waals surface area contributed by atoms with Crippen molar-refractivity contribution in [2.45, 2.75) is 53.0 Å². The molecule has 0 saturated carbocycles. The van der Waals surface area contributed by atoms with Crippen molar-refractivity contribution >= 4 is 0 Å². The minimum absolute atomic E-state index is 0.538. The smallest absolute Gasteiger partial charge is 0.0582 e. The van der Waals surface area contributed by atoms with E-state index in [-0.39, 0.29) is 0 Å². The van der Waals surface area contributed by atoms with E-state index in [1.165, 1.54) is 17.0 Å². The quantitative estimate of drug-likeness (QED) is 0.767. The summed E-state index contributed by atoms with van der Waals surface area (Å²) in [5.41, 5.74) is 3.91. The topological polar surface area (TPSA) is 25.4 Å². The van der Waals surface area contributed by atoms with Gasteiger partial charge in [0.1, 0.15) is 0 Å². The monoisotopic (exact) mass is 290 g/mol. The first-order valence-corrected chi connectivity index (χ1v) is 8.42. The molecule has 1 aliphatic rings. The fourth-order valence-electron chi connectivity index (χ4n) is 3.03. The van der Waals surface area contributed by atoms with Crippen LogP contribution in [0.25, 0.3) is 0 Å². The third kappa shape index (κ3) is 4.52. The minimum Gasteiger partial charge on any atom is -0.381 e. The van der Waals surface area contributed by atoms with Crippen LogP contribution in [0.2, 0.25) is 0 Å². The number of nitrogens with zero attached hydrogens (tertiary/aromatic N) is 2. The molecule has 2 heterocycles. The van der Waals surface area contributed by atoms with Crippen molar-refractivity contribution in [3.05, 3.63) is 29.1 Å². The highest BCUT2D eigenvalue weighted by Gasteiger charge is 2.22. The molecule has 1 saturated heterocycles. The Bertz CT molecular complexity index is 435. The van der Waals surface area contributed by atoms with Gasteiger partial charge in [-0.15, -0.1) is 0 Å². The molecule has 0 aromatic carbocycles. The van der Waals surface area contributed by atoms with Crippen LogP contribution in [0.3, 0.4) is 0 Å². The molecule has 0 aliphatic carbocycles. The number of aromatic nitrogens is 1. The lowest BCUT2D eigenvalue weighted by molar-refractivity contribution is 0.193. The van der Waals surface area contributed by atoms with Crippen LogP contribution in [0.4, 0.5) is 0 Å². The zero-order valence-corrected chi connectivity index (χ0v) is 14.1. The van der Waals surface area contributed by atoms with E-state index < -0.39 is 0 Å². The van der Waals surface area contributed by atoms with Crippen LogP contribution in [0, 0.1) is 5.92 Å².